The van der Waals surface area contributed by atoms with Crippen LogP contribution in [0.4, 0.5) is 0 Å². The maximum atomic E-state index is 4.61. The average molecular weight is 245 g/mol. The summed E-state index contributed by atoms with van der Waals surface area (Å²) in [5, 5.41) is 4.52. The highest BCUT2D eigenvalue weighted by Crippen LogP contribution is 2.20. The Bertz CT molecular complexity index is 509. The molecular formula is C13H15N3S. The van der Waals surface area contributed by atoms with Crippen molar-refractivity contribution in [2.24, 2.45) is 0 Å². The molecule has 3 rings (SSSR count). The van der Waals surface area contributed by atoms with Crippen molar-refractivity contribution in [3.05, 3.63) is 30.5 Å². The topological polar surface area (TPSA) is 37.8 Å². The van der Waals surface area contributed by atoms with E-state index in [9.17, 15) is 0 Å². The summed E-state index contributed by atoms with van der Waals surface area (Å²) in [6.07, 6.45) is 4.46. The minimum absolute atomic E-state index is 0.647. The van der Waals surface area contributed by atoms with Crippen LogP contribution in [0.25, 0.3) is 11.0 Å². The molecule has 0 spiro atoms. The van der Waals surface area contributed by atoms with Crippen LogP contribution in [0.3, 0.4) is 0 Å². The van der Waals surface area contributed by atoms with Crippen LogP contribution < -0.4 is 5.32 Å². The second-order valence-corrected chi connectivity index (χ2v) is 5.34. The molecule has 0 bridgehead atoms. The van der Waals surface area contributed by atoms with E-state index in [1.54, 1.807) is 11.8 Å². The highest BCUT2D eigenvalue weighted by atomic mass is 32.2. The van der Waals surface area contributed by atoms with Gasteiger partial charge in [0.25, 0.3) is 0 Å². The molecule has 1 aliphatic rings. The maximum absolute atomic E-state index is 4.61. The third-order valence-corrected chi connectivity index (χ3v) is 4.08. The normalized spacial score (nSPS) is 19.9. The Morgan fingerprint density at radius 3 is 3.00 bits per heavy atom. The number of benzene rings is 1. The van der Waals surface area contributed by atoms with Gasteiger partial charge in [0.05, 0.1) is 17.2 Å². The van der Waals surface area contributed by atoms with Crippen LogP contribution in [-0.2, 0) is 0 Å². The summed E-state index contributed by atoms with van der Waals surface area (Å²) in [5.74, 6) is 1.09. The van der Waals surface area contributed by atoms with E-state index in [4.69, 9.17) is 0 Å². The van der Waals surface area contributed by atoms with Crippen LogP contribution in [0.15, 0.2) is 35.5 Å². The van der Waals surface area contributed by atoms with Crippen molar-refractivity contribution < 1.29 is 0 Å². The first-order valence-corrected chi connectivity index (χ1v) is 6.98. The van der Waals surface area contributed by atoms with E-state index in [2.05, 4.69) is 15.3 Å². The zero-order valence-electron chi connectivity index (χ0n) is 9.60. The molecule has 3 nitrogen and oxygen atoms in total. The third-order valence-electron chi connectivity index (χ3n) is 3.02. The largest absolute Gasteiger partial charge is 0.313 e. The molecule has 1 saturated heterocycles. The number of fused-ring (bicyclic) bond motifs is 1. The molecule has 1 atom stereocenters. The summed E-state index contributed by atoms with van der Waals surface area (Å²) in [5.41, 5.74) is 1.95. The number of thioether (sulfide) groups is 1. The van der Waals surface area contributed by atoms with Gasteiger partial charge in [0.15, 0.2) is 0 Å². The molecule has 0 aliphatic carbocycles. The van der Waals surface area contributed by atoms with Crippen LogP contribution in [0.5, 0.6) is 0 Å². The van der Waals surface area contributed by atoms with E-state index in [0.717, 1.165) is 28.4 Å². The first-order chi connectivity index (χ1) is 8.42. The minimum Gasteiger partial charge on any atom is -0.313 e. The number of hydrogen-bond acceptors (Lipinski definition) is 4. The Morgan fingerprint density at radius 2 is 2.18 bits per heavy atom. The molecule has 1 aromatic carbocycles. The first-order valence-electron chi connectivity index (χ1n) is 6.00. The van der Waals surface area contributed by atoms with Crippen molar-refractivity contribution in [1.82, 2.24) is 15.3 Å². The van der Waals surface area contributed by atoms with Crippen molar-refractivity contribution in [3.63, 3.8) is 0 Å². The van der Waals surface area contributed by atoms with E-state index >= 15 is 0 Å². The quantitative estimate of drug-likeness (QED) is 0.843. The van der Waals surface area contributed by atoms with Crippen LogP contribution in [-0.4, -0.2) is 28.3 Å². The van der Waals surface area contributed by atoms with Gasteiger partial charge in [-0.25, -0.2) is 4.98 Å². The lowest BCUT2D eigenvalue weighted by molar-refractivity contribution is 0.673. The fraction of sp³-hybridized carbons (Fsp3) is 0.385. The average Bonchev–Trinajstić information content (AvgIpc) is 2.89. The van der Waals surface area contributed by atoms with E-state index in [-0.39, 0.29) is 0 Å². The summed E-state index contributed by atoms with van der Waals surface area (Å²) in [4.78, 5) is 9.03. The molecule has 1 aromatic heterocycles. The fourth-order valence-electron chi connectivity index (χ4n) is 2.09. The SMILES string of the molecule is c1ccc2nc(SCC3CCCN3)cnc2c1. The molecule has 2 aromatic rings. The predicted octanol–water partition coefficient (Wildman–Crippen LogP) is 2.47. The second-order valence-electron chi connectivity index (χ2n) is 4.30. The number of hydrogen-bond donors (Lipinski definition) is 1. The second kappa shape index (κ2) is 5.02. The van der Waals surface area contributed by atoms with Crippen molar-refractivity contribution in [2.75, 3.05) is 12.3 Å². The molecule has 17 heavy (non-hydrogen) atoms. The van der Waals surface area contributed by atoms with Gasteiger partial charge in [-0.15, -0.1) is 11.8 Å². The Morgan fingerprint density at radius 1 is 1.29 bits per heavy atom. The van der Waals surface area contributed by atoms with Gasteiger partial charge in [0.2, 0.25) is 0 Å². The Labute approximate surface area is 105 Å². The maximum Gasteiger partial charge on any atom is 0.115 e. The molecule has 4 heteroatoms. The van der Waals surface area contributed by atoms with Crippen molar-refractivity contribution in [2.45, 2.75) is 23.9 Å². The van der Waals surface area contributed by atoms with Gasteiger partial charge in [-0.1, -0.05) is 12.1 Å². The van der Waals surface area contributed by atoms with E-state index < -0.39 is 0 Å². The third kappa shape index (κ3) is 2.58. The molecule has 0 radical (unpaired) electrons. The molecule has 1 aliphatic heterocycles. The monoisotopic (exact) mass is 245 g/mol. The van der Waals surface area contributed by atoms with Gasteiger partial charge in [-0.05, 0) is 31.5 Å². The summed E-state index contributed by atoms with van der Waals surface area (Å²) in [7, 11) is 0. The van der Waals surface area contributed by atoms with Crippen LogP contribution in [0.2, 0.25) is 0 Å². The van der Waals surface area contributed by atoms with Crippen LogP contribution in [0.1, 0.15) is 12.8 Å². The van der Waals surface area contributed by atoms with Gasteiger partial charge in [0.1, 0.15) is 5.03 Å². The van der Waals surface area contributed by atoms with E-state index in [1.807, 2.05) is 30.5 Å². The summed E-state index contributed by atoms with van der Waals surface area (Å²) >= 11 is 1.80. The van der Waals surface area contributed by atoms with Crippen LogP contribution >= 0.6 is 11.8 Å². The molecule has 2 heterocycles. The zero-order chi connectivity index (χ0) is 11.5. The Hall–Kier alpha value is -1.13. The minimum atomic E-state index is 0.647. The summed E-state index contributed by atoms with van der Waals surface area (Å²) < 4.78 is 0. The van der Waals surface area contributed by atoms with Gasteiger partial charge < -0.3 is 5.32 Å². The zero-order valence-corrected chi connectivity index (χ0v) is 10.4. The first kappa shape index (κ1) is 11.0. The van der Waals surface area contributed by atoms with E-state index in [0.29, 0.717) is 6.04 Å². The van der Waals surface area contributed by atoms with Gasteiger partial charge in [-0.3, -0.25) is 4.98 Å². The molecule has 1 N–H and O–H groups in total. The predicted molar refractivity (Wildman–Crippen MR) is 71.3 cm³/mol. The number of para-hydroxylation sites is 2. The lowest BCUT2D eigenvalue weighted by Gasteiger charge is -2.08. The smallest absolute Gasteiger partial charge is 0.115 e. The number of aromatic nitrogens is 2. The molecule has 0 saturated carbocycles. The van der Waals surface area contributed by atoms with Gasteiger partial charge in [-0.2, -0.15) is 0 Å². The van der Waals surface area contributed by atoms with Crippen molar-refractivity contribution in [3.8, 4) is 0 Å². The van der Waals surface area contributed by atoms with Crippen molar-refractivity contribution in [1.29, 1.82) is 0 Å². The standard InChI is InChI=1S/C13H15N3S/c1-2-6-12-11(5-1)15-8-13(16-12)17-9-10-4-3-7-14-10/h1-2,5-6,8,10,14H,3-4,7,9H2. The van der Waals surface area contributed by atoms with E-state index in [1.165, 1.54) is 12.8 Å². The van der Waals surface area contributed by atoms with Crippen LogP contribution in [0, 0.1) is 0 Å². The number of rotatable bonds is 3. The lowest BCUT2D eigenvalue weighted by atomic mass is 10.3. The molecule has 0 amide bonds. The van der Waals surface area contributed by atoms with Gasteiger partial charge >= 0.3 is 0 Å². The number of nitrogens with one attached hydrogen (secondary N) is 1. The summed E-state index contributed by atoms with van der Waals surface area (Å²) in [6, 6.07) is 8.65. The Kier molecular flexibility index (Phi) is 3.25. The molecule has 1 fully saturated rings. The highest BCUT2D eigenvalue weighted by molar-refractivity contribution is 7.99. The molecular weight excluding hydrogens is 230 g/mol. The molecule has 1 unspecified atom stereocenters. The Balaban J connectivity index is 1.72. The highest BCUT2D eigenvalue weighted by Gasteiger charge is 2.14. The number of nitrogens with zero attached hydrogens (tertiary/aromatic N) is 2. The van der Waals surface area contributed by atoms with Crippen molar-refractivity contribution >= 4 is 22.8 Å². The summed E-state index contributed by atoms with van der Waals surface area (Å²) in [6.45, 7) is 1.16. The molecule has 88 valence electrons. The fourth-order valence-corrected chi connectivity index (χ4v) is 3.04. The van der Waals surface area contributed by atoms with Gasteiger partial charge in [0, 0.05) is 11.8 Å². The lowest BCUT2D eigenvalue weighted by Crippen LogP contribution is -2.23.